The van der Waals surface area contributed by atoms with E-state index in [-0.39, 0.29) is 25.0 Å². The fourth-order valence-electron chi connectivity index (χ4n) is 2.91. The van der Waals surface area contributed by atoms with Crippen LogP contribution in [0.25, 0.3) is 10.8 Å². The van der Waals surface area contributed by atoms with Crippen LogP contribution in [0, 0.1) is 0 Å². The van der Waals surface area contributed by atoms with E-state index in [1.807, 2.05) is 6.07 Å². The van der Waals surface area contributed by atoms with Gasteiger partial charge in [-0.1, -0.05) is 24.3 Å². The third-order valence-corrected chi connectivity index (χ3v) is 4.42. The highest BCUT2D eigenvalue weighted by Crippen LogP contribution is 2.32. The third-order valence-electron chi connectivity index (χ3n) is 4.42. The van der Waals surface area contributed by atoms with Crippen molar-refractivity contribution < 1.29 is 27.8 Å². The van der Waals surface area contributed by atoms with Crippen molar-refractivity contribution in [3.63, 3.8) is 0 Å². The fraction of sp³-hybridized carbons (Fsp3) is 0.286. The second kappa shape index (κ2) is 8.06. The molecule has 7 heteroatoms. The molecule has 2 aromatic carbocycles. The number of alkyl halides is 3. The van der Waals surface area contributed by atoms with Crippen molar-refractivity contribution in [3.8, 4) is 5.75 Å². The van der Waals surface area contributed by atoms with Gasteiger partial charge in [0, 0.05) is 23.4 Å². The summed E-state index contributed by atoms with van der Waals surface area (Å²) in [4.78, 5) is 12.2. The van der Waals surface area contributed by atoms with Crippen molar-refractivity contribution >= 4 is 16.7 Å². The number of carbonyl (C=O) groups is 1. The van der Waals surface area contributed by atoms with E-state index >= 15 is 0 Å². The Morgan fingerprint density at radius 3 is 2.75 bits per heavy atom. The number of hydrogen-bond donors (Lipinski definition) is 2. The highest BCUT2D eigenvalue weighted by atomic mass is 19.4. The average molecular weight is 391 g/mol. The predicted molar refractivity (Wildman–Crippen MR) is 100 cm³/mol. The van der Waals surface area contributed by atoms with Crippen molar-refractivity contribution in [3.05, 3.63) is 65.8 Å². The summed E-state index contributed by atoms with van der Waals surface area (Å²) in [5.41, 5.74) is -0.224. The molecule has 0 aromatic heterocycles. The van der Waals surface area contributed by atoms with E-state index in [0.29, 0.717) is 11.3 Å². The highest BCUT2D eigenvalue weighted by Gasteiger charge is 2.33. The molecule has 0 radical (unpaired) electrons. The first kappa shape index (κ1) is 19.9. The van der Waals surface area contributed by atoms with Crippen LogP contribution in [-0.2, 0) is 0 Å². The van der Waals surface area contributed by atoms with Crippen molar-refractivity contribution in [1.82, 2.24) is 5.32 Å². The number of ether oxygens (including phenoxy) is 1. The lowest BCUT2D eigenvalue weighted by atomic mass is 10.0. The Bertz CT molecular complexity index is 934. The Morgan fingerprint density at radius 1 is 1.32 bits per heavy atom. The number of rotatable bonds is 5. The molecule has 0 spiro atoms. The molecule has 148 valence electrons. The molecule has 28 heavy (non-hydrogen) atoms. The van der Waals surface area contributed by atoms with E-state index in [1.165, 1.54) is 6.08 Å². The molecule has 1 aliphatic rings. The maximum Gasteiger partial charge on any atom is 0.416 e. The number of allylic oxidation sites excluding steroid dienone is 2. The summed E-state index contributed by atoms with van der Waals surface area (Å²) in [5, 5.41) is 13.3. The van der Waals surface area contributed by atoms with Gasteiger partial charge < -0.3 is 15.2 Å². The minimum Gasteiger partial charge on any atom is -0.485 e. The maximum absolute atomic E-state index is 12.7. The normalized spacial score (nSPS) is 17.9. The van der Waals surface area contributed by atoms with Crippen LogP contribution in [0.3, 0.4) is 0 Å². The van der Waals surface area contributed by atoms with Crippen LogP contribution in [0.1, 0.15) is 23.7 Å². The van der Waals surface area contributed by atoms with Crippen LogP contribution in [0.5, 0.6) is 5.75 Å². The van der Waals surface area contributed by atoms with Crippen LogP contribution in [0.15, 0.2) is 60.2 Å². The van der Waals surface area contributed by atoms with Gasteiger partial charge in [0.2, 0.25) is 0 Å². The zero-order valence-electron chi connectivity index (χ0n) is 15.2. The summed E-state index contributed by atoms with van der Waals surface area (Å²) in [5.74, 6) is 0.237. The predicted octanol–water partition coefficient (Wildman–Crippen LogP) is 4.15. The van der Waals surface area contributed by atoms with E-state index < -0.39 is 17.9 Å². The number of amides is 1. The summed E-state index contributed by atoms with van der Waals surface area (Å²) in [7, 11) is 0. The number of aliphatic hydroxyl groups is 1. The van der Waals surface area contributed by atoms with Crippen molar-refractivity contribution in [2.45, 2.75) is 31.7 Å². The number of nitrogens with one attached hydrogen (secondary N) is 1. The van der Waals surface area contributed by atoms with E-state index in [0.717, 1.165) is 22.9 Å². The second-order valence-corrected chi connectivity index (χ2v) is 6.66. The van der Waals surface area contributed by atoms with Gasteiger partial charge in [0.1, 0.15) is 11.9 Å². The summed E-state index contributed by atoms with van der Waals surface area (Å²) < 4.78 is 44.0. The monoisotopic (exact) mass is 391 g/mol. The van der Waals surface area contributed by atoms with Crippen LogP contribution in [0.2, 0.25) is 0 Å². The SMILES string of the molecule is C[C@H](CO)NC(=O)c1ccc2c(OC3C=CC(C(F)(F)F)=CC3)cccc2c1. The lowest BCUT2D eigenvalue weighted by Crippen LogP contribution is -2.34. The first-order chi connectivity index (χ1) is 13.3. The molecule has 4 nitrogen and oxygen atoms in total. The molecule has 1 amide bonds. The number of halogens is 3. The number of fused-ring (bicyclic) bond motifs is 1. The number of aliphatic hydroxyl groups excluding tert-OH is 1. The number of benzene rings is 2. The first-order valence-electron chi connectivity index (χ1n) is 8.84. The van der Waals surface area contributed by atoms with Gasteiger partial charge in [-0.05, 0) is 42.7 Å². The van der Waals surface area contributed by atoms with Gasteiger partial charge in [-0.2, -0.15) is 13.2 Å². The van der Waals surface area contributed by atoms with Gasteiger partial charge in [0.05, 0.1) is 12.2 Å². The smallest absolute Gasteiger partial charge is 0.416 e. The molecule has 0 bridgehead atoms. The van der Waals surface area contributed by atoms with Gasteiger partial charge in [0.25, 0.3) is 5.91 Å². The molecule has 1 unspecified atom stereocenters. The fourth-order valence-corrected chi connectivity index (χ4v) is 2.91. The maximum atomic E-state index is 12.7. The average Bonchev–Trinajstić information content (AvgIpc) is 2.67. The lowest BCUT2D eigenvalue weighted by molar-refractivity contribution is -0.0888. The molecule has 0 saturated heterocycles. The van der Waals surface area contributed by atoms with Gasteiger partial charge in [-0.25, -0.2) is 0 Å². The second-order valence-electron chi connectivity index (χ2n) is 6.66. The van der Waals surface area contributed by atoms with Crippen molar-refractivity contribution in [2.75, 3.05) is 6.61 Å². The summed E-state index contributed by atoms with van der Waals surface area (Å²) in [6.07, 6.45) is -1.16. The molecule has 1 aliphatic carbocycles. The van der Waals surface area contributed by atoms with Gasteiger partial charge in [-0.15, -0.1) is 0 Å². The summed E-state index contributed by atoms with van der Waals surface area (Å²) >= 11 is 0. The Morgan fingerprint density at radius 2 is 2.11 bits per heavy atom. The topological polar surface area (TPSA) is 58.6 Å². The Kier molecular flexibility index (Phi) is 5.74. The van der Waals surface area contributed by atoms with Gasteiger partial charge in [0.15, 0.2) is 0 Å². The molecular formula is C21H20F3NO3. The quantitative estimate of drug-likeness (QED) is 0.805. The Labute approximate surface area is 160 Å². The zero-order chi connectivity index (χ0) is 20.3. The summed E-state index contributed by atoms with van der Waals surface area (Å²) in [6, 6.07) is 10.1. The van der Waals surface area contributed by atoms with Crippen LogP contribution in [0.4, 0.5) is 13.2 Å². The molecular weight excluding hydrogens is 371 g/mol. The van der Waals surface area contributed by atoms with Gasteiger partial charge in [-0.3, -0.25) is 4.79 Å². The molecule has 2 N–H and O–H groups in total. The number of carbonyl (C=O) groups excluding carboxylic acids is 1. The van der Waals surface area contributed by atoms with E-state index in [2.05, 4.69) is 5.32 Å². The molecule has 2 aromatic rings. The van der Waals surface area contributed by atoms with Crippen LogP contribution in [-0.4, -0.2) is 35.9 Å². The van der Waals surface area contributed by atoms with Crippen molar-refractivity contribution in [1.29, 1.82) is 0 Å². The first-order valence-corrected chi connectivity index (χ1v) is 8.84. The molecule has 0 heterocycles. The van der Waals surface area contributed by atoms with E-state index in [1.54, 1.807) is 37.3 Å². The summed E-state index contributed by atoms with van der Waals surface area (Å²) in [6.45, 7) is 1.54. The lowest BCUT2D eigenvalue weighted by Gasteiger charge is -2.20. The molecule has 3 rings (SSSR count). The molecule has 0 aliphatic heterocycles. The van der Waals surface area contributed by atoms with E-state index in [9.17, 15) is 18.0 Å². The zero-order valence-corrected chi connectivity index (χ0v) is 15.2. The minimum atomic E-state index is -4.36. The largest absolute Gasteiger partial charge is 0.485 e. The third kappa shape index (κ3) is 4.54. The standard InChI is InChI=1S/C21H20F3NO3/c1-13(12-26)25-20(27)15-5-10-18-14(11-15)3-2-4-19(18)28-17-8-6-16(7-9-17)21(22,23)24/h2-8,10-11,13,17,26H,9,12H2,1H3,(H,25,27)/t13-,17?/m1/s1. The highest BCUT2D eigenvalue weighted by molar-refractivity contribution is 6.00. The number of hydrogen-bond acceptors (Lipinski definition) is 3. The van der Waals surface area contributed by atoms with Crippen LogP contribution >= 0.6 is 0 Å². The van der Waals surface area contributed by atoms with Crippen LogP contribution < -0.4 is 10.1 Å². The molecule has 2 atom stereocenters. The Balaban J connectivity index is 1.78. The minimum absolute atomic E-state index is 0.126. The van der Waals surface area contributed by atoms with Crippen molar-refractivity contribution in [2.24, 2.45) is 0 Å². The van der Waals surface area contributed by atoms with Gasteiger partial charge >= 0.3 is 6.18 Å². The van der Waals surface area contributed by atoms with E-state index in [4.69, 9.17) is 9.84 Å². The Hall–Kier alpha value is -2.80. The molecule has 0 fully saturated rings. The molecule has 0 saturated carbocycles.